The molecule has 2 aromatic carbocycles. The second kappa shape index (κ2) is 9.88. The highest BCUT2D eigenvalue weighted by molar-refractivity contribution is 5.79. The fourth-order valence-electron chi connectivity index (χ4n) is 3.09. The lowest BCUT2D eigenvalue weighted by Gasteiger charge is -2.18. The molecule has 1 amide bonds. The van der Waals surface area contributed by atoms with Gasteiger partial charge in [-0.1, -0.05) is 29.5 Å². The molecule has 33 heavy (non-hydrogen) atoms. The minimum Gasteiger partial charge on any atom is -0.406 e. The molecular weight excluding hydrogens is 456 g/mol. The predicted octanol–water partition coefficient (Wildman–Crippen LogP) is 3.63. The molecule has 7 nitrogen and oxygen atoms in total. The van der Waals surface area contributed by atoms with E-state index in [0.29, 0.717) is 5.56 Å². The molecule has 176 valence electrons. The van der Waals surface area contributed by atoms with E-state index >= 15 is 0 Å². The number of alkyl halides is 6. The largest absolute Gasteiger partial charge is 0.573 e. The van der Waals surface area contributed by atoms with Crippen LogP contribution in [0.3, 0.4) is 0 Å². The van der Waals surface area contributed by atoms with Gasteiger partial charge in [0.25, 0.3) is 0 Å². The number of halogens is 6. The molecule has 0 aliphatic heterocycles. The number of aromatic amines is 1. The van der Waals surface area contributed by atoms with Gasteiger partial charge in [-0.2, -0.15) is 18.4 Å². The van der Waals surface area contributed by atoms with E-state index in [1.807, 2.05) is 0 Å². The number of hydrogen-bond donors (Lipinski definition) is 2. The Morgan fingerprint density at radius 3 is 2.33 bits per heavy atom. The maximum Gasteiger partial charge on any atom is 0.573 e. The zero-order chi connectivity index (χ0) is 24.1. The van der Waals surface area contributed by atoms with Crippen LogP contribution >= 0.6 is 0 Å². The highest BCUT2D eigenvalue weighted by Gasteiger charge is 2.31. The number of hydrogen-bond acceptors (Lipinski definition) is 5. The Labute approximate surface area is 183 Å². The maximum atomic E-state index is 12.8. The summed E-state index contributed by atoms with van der Waals surface area (Å²) < 4.78 is 79.4. The minimum atomic E-state index is -4.86. The monoisotopic (exact) mass is 473 g/mol. The molecule has 0 aliphatic carbocycles. The fraction of sp³-hybridized carbons (Fsp3) is 0.300. The Bertz CT molecular complexity index is 1050. The van der Waals surface area contributed by atoms with Gasteiger partial charge in [0.05, 0.1) is 12.0 Å². The lowest BCUT2D eigenvalue weighted by Crippen LogP contribution is -2.39. The molecule has 0 spiro atoms. The standard InChI is InChI=1S/C20H17F6N5O2/c21-19(22,23)14-6-4-12(5-7-14)8-15(11-17-28-30-31-29-17)27-18(32)10-13-2-1-3-16(9-13)33-20(24,25)26/h1-7,9,15H,8,10-11H2,(H,27,32)(H,28,29,30,31)/t15-/m0/s1. The highest BCUT2D eigenvalue weighted by atomic mass is 19.4. The van der Waals surface area contributed by atoms with Gasteiger partial charge in [-0.05, 0) is 41.8 Å². The smallest absolute Gasteiger partial charge is 0.406 e. The van der Waals surface area contributed by atoms with Gasteiger partial charge in [0.1, 0.15) is 5.75 Å². The third-order valence-electron chi connectivity index (χ3n) is 4.44. The first-order valence-corrected chi connectivity index (χ1v) is 9.50. The summed E-state index contributed by atoms with van der Waals surface area (Å²) in [6.45, 7) is 0. The van der Waals surface area contributed by atoms with Crippen molar-refractivity contribution in [3.8, 4) is 5.75 Å². The van der Waals surface area contributed by atoms with Crippen molar-refractivity contribution in [1.29, 1.82) is 0 Å². The number of tetrazole rings is 1. The van der Waals surface area contributed by atoms with Crippen molar-refractivity contribution in [1.82, 2.24) is 25.9 Å². The summed E-state index contributed by atoms with van der Waals surface area (Å²) >= 11 is 0. The number of nitrogens with one attached hydrogen (secondary N) is 2. The van der Waals surface area contributed by atoms with Crippen LogP contribution in [0.1, 0.15) is 22.5 Å². The molecule has 0 radical (unpaired) electrons. The number of carbonyl (C=O) groups excluding carboxylic acids is 1. The van der Waals surface area contributed by atoms with E-state index in [1.54, 1.807) is 0 Å². The first-order chi connectivity index (χ1) is 15.5. The normalized spacial score (nSPS) is 12.9. The second-order valence-electron chi connectivity index (χ2n) is 7.07. The molecule has 0 aliphatic rings. The van der Waals surface area contributed by atoms with Gasteiger partial charge in [-0.3, -0.25) is 4.79 Å². The third-order valence-corrected chi connectivity index (χ3v) is 4.44. The van der Waals surface area contributed by atoms with Crippen LogP contribution in [0.4, 0.5) is 26.3 Å². The van der Waals surface area contributed by atoms with Crippen LogP contribution in [0.25, 0.3) is 0 Å². The summed E-state index contributed by atoms with van der Waals surface area (Å²) in [5.74, 6) is -0.701. The minimum absolute atomic E-state index is 0.125. The predicted molar refractivity (Wildman–Crippen MR) is 102 cm³/mol. The summed E-state index contributed by atoms with van der Waals surface area (Å²) in [4.78, 5) is 12.5. The summed E-state index contributed by atoms with van der Waals surface area (Å²) in [6, 6.07) is 8.86. The second-order valence-corrected chi connectivity index (χ2v) is 7.07. The number of nitrogens with zero attached hydrogens (tertiary/aromatic N) is 3. The van der Waals surface area contributed by atoms with Crippen LogP contribution in [-0.2, 0) is 30.2 Å². The Hall–Kier alpha value is -3.64. The van der Waals surface area contributed by atoms with Crippen molar-refractivity contribution >= 4 is 5.91 Å². The van der Waals surface area contributed by atoms with Crippen molar-refractivity contribution in [2.24, 2.45) is 0 Å². The first-order valence-electron chi connectivity index (χ1n) is 9.50. The van der Waals surface area contributed by atoms with Crippen LogP contribution in [0, 0.1) is 0 Å². The molecule has 0 unspecified atom stereocenters. The zero-order valence-corrected chi connectivity index (χ0v) is 16.7. The zero-order valence-electron chi connectivity index (χ0n) is 16.7. The van der Waals surface area contributed by atoms with Gasteiger partial charge in [-0.25, -0.2) is 0 Å². The van der Waals surface area contributed by atoms with Crippen molar-refractivity contribution < 1.29 is 35.9 Å². The van der Waals surface area contributed by atoms with Crippen LogP contribution in [0.15, 0.2) is 48.5 Å². The van der Waals surface area contributed by atoms with Gasteiger partial charge < -0.3 is 10.1 Å². The topological polar surface area (TPSA) is 92.8 Å². The lowest BCUT2D eigenvalue weighted by molar-refractivity contribution is -0.274. The van der Waals surface area contributed by atoms with E-state index < -0.39 is 35.8 Å². The number of aromatic nitrogens is 4. The molecule has 0 fully saturated rings. The highest BCUT2D eigenvalue weighted by Crippen LogP contribution is 2.29. The molecule has 0 saturated heterocycles. The molecule has 3 rings (SSSR count). The molecule has 3 aromatic rings. The van der Waals surface area contributed by atoms with E-state index in [-0.39, 0.29) is 30.7 Å². The summed E-state index contributed by atoms with van der Waals surface area (Å²) in [6.07, 6.45) is -9.29. The van der Waals surface area contributed by atoms with E-state index in [1.165, 1.54) is 24.3 Å². The van der Waals surface area contributed by atoms with Crippen molar-refractivity contribution in [3.63, 3.8) is 0 Å². The molecule has 0 saturated carbocycles. The maximum absolute atomic E-state index is 12.8. The average molecular weight is 473 g/mol. The molecule has 1 heterocycles. The summed E-state index contributed by atoms with van der Waals surface area (Å²) in [5, 5.41) is 16.0. The lowest BCUT2D eigenvalue weighted by atomic mass is 10.0. The number of H-pyrrole nitrogens is 1. The van der Waals surface area contributed by atoms with Gasteiger partial charge in [0, 0.05) is 12.5 Å². The van der Waals surface area contributed by atoms with Gasteiger partial charge in [0.2, 0.25) is 5.91 Å². The molecular formula is C20H17F6N5O2. The molecule has 1 aromatic heterocycles. The SMILES string of the molecule is O=C(Cc1cccc(OC(F)(F)F)c1)N[C@@H](Cc1ccc(C(F)(F)F)cc1)Cc1nn[nH]n1. The Morgan fingerprint density at radius 2 is 1.73 bits per heavy atom. The van der Waals surface area contributed by atoms with Gasteiger partial charge >= 0.3 is 12.5 Å². The van der Waals surface area contributed by atoms with E-state index in [0.717, 1.165) is 24.3 Å². The Balaban J connectivity index is 1.68. The Kier molecular flexibility index (Phi) is 7.19. The number of ether oxygens (including phenoxy) is 1. The quantitative estimate of drug-likeness (QED) is 0.488. The van der Waals surface area contributed by atoms with Crippen LogP contribution in [0.2, 0.25) is 0 Å². The molecule has 13 heteroatoms. The average Bonchev–Trinajstić information content (AvgIpc) is 3.19. The van der Waals surface area contributed by atoms with Crippen molar-refractivity contribution in [2.75, 3.05) is 0 Å². The third kappa shape index (κ3) is 7.77. The fourth-order valence-corrected chi connectivity index (χ4v) is 3.09. The van der Waals surface area contributed by atoms with Crippen LogP contribution < -0.4 is 10.1 Å². The molecule has 0 bridgehead atoms. The number of rotatable bonds is 8. The first kappa shape index (κ1) is 24.0. The van der Waals surface area contributed by atoms with E-state index in [4.69, 9.17) is 0 Å². The molecule has 2 N–H and O–H groups in total. The van der Waals surface area contributed by atoms with E-state index in [2.05, 4.69) is 30.7 Å². The molecule has 1 atom stereocenters. The summed E-state index contributed by atoms with van der Waals surface area (Å²) in [5.41, 5.74) is 0.00502. The number of carbonyl (C=O) groups is 1. The van der Waals surface area contributed by atoms with Crippen molar-refractivity contribution in [2.45, 2.75) is 37.8 Å². The van der Waals surface area contributed by atoms with Crippen LogP contribution in [-0.4, -0.2) is 38.9 Å². The summed E-state index contributed by atoms with van der Waals surface area (Å²) in [7, 11) is 0. The van der Waals surface area contributed by atoms with Gasteiger partial charge in [-0.15, -0.1) is 23.4 Å². The van der Waals surface area contributed by atoms with Gasteiger partial charge in [0.15, 0.2) is 5.82 Å². The van der Waals surface area contributed by atoms with E-state index in [9.17, 15) is 31.1 Å². The van der Waals surface area contributed by atoms with Crippen LogP contribution in [0.5, 0.6) is 5.75 Å². The Morgan fingerprint density at radius 1 is 1.00 bits per heavy atom. The number of amides is 1. The van der Waals surface area contributed by atoms with Crippen molar-refractivity contribution in [3.05, 3.63) is 71.0 Å². The number of benzene rings is 2.